The topological polar surface area (TPSA) is 55.1 Å². The highest BCUT2D eigenvalue weighted by atomic mass is 16.2. The van der Waals surface area contributed by atoms with Gasteiger partial charge in [0.25, 0.3) is 0 Å². The fourth-order valence-electron chi connectivity index (χ4n) is 1.09. The molecule has 3 nitrogen and oxygen atoms in total. The van der Waals surface area contributed by atoms with Gasteiger partial charge >= 0.3 is 0 Å². The minimum Gasteiger partial charge on any atom is -0.352 e. The number of carbonyl (C=O) groups excluding carboxylic acids is 1. The van der Waals surface area contributed by atoms with Gasteiger partial charge in [-0.2, -0.15) is 0 Å². The Kier molecular flexibility index (Phi) is 5.88. The van der Waals surface area contributed by atoms with Crippen LogP contribution in [0.3, 0.4) is 0 Å². The van der Waals surface area contributed by atoms with Crippen molar-refractivity contribution in [3.63, 3.8) is 0 Å². The van der Waals surface area contributed by atoms with Crippen molar-refractivity contribution in [2.24, 2.45) is 11.1 Å². The summed E-state index contributed by atoms with van der Waals surface area (Å²) in [5.41, 5.74) is 5.87. The van der Waals surface area contributed by atoms with E-state index >= 15 is 0 Å². The Morgan fingerprint density at radius 3 is 2.33 bits per heavy atom. The predicted octanol–water partition coefficient (Wildman–Crippen LogP) is 2.05. The summed E-state index contributed by atoms with van der Waals surface area (Å²) in [6.07, 6.45) is 2.87. The molecule has 2 atom stereocenters. The van der Waals surface area contributed by atoms with Crippen LogP contribution in [0.4, 0.5) is 0 Å². The molecule has 0 aromatic carbocycles. The number of carbonyl (C=O) groups is 1. The molecule has 0 saturated carbocycles. The van der Waals surface area contributed by atoms with Crippen molar-refractivity contribution in [2.75, 3.05) is 0 Å². The summed E-state index contributed by atoms with van der Waals surface area (Å²) < 4.78 is 0. The molecule has 0 aliphatic carbocycles. The lowest BCUT2D eigenvalue weighted by atomic mass is 9.88. The van der Waals surface area contributed by atoms with Gasteiger partial charge in [-0.05, 0) is 18.8 Å². The predicted molar refractivity (Wildman–Crippen MR) is 64.6 cm³/mol. The molecule has 0 aromatic heterocycles. The van der Waals surface area contributed by atoms with Gasteiger partial charge in [-0.25, -0.2) is 0 Å². The quantitative estimate of drug-likeness (QED) is 0.736. The zero-order chi connectivity index (χ0) is 12.1. The van der Waals surface area contributed by atoms with E-state index in [9.17, 15) is 4.79 Å². The molecule has 0 fully saturated rings. The van der Waals surface area contributed by atoms with Gasteiger partial charge < -0.3 is 11.1 Å². The van der Waals surface area contributed by atoms with E-state index in [0.717, 1.165) is 19.3 Å². The Hall–Kier alpha value is -0.570. The molecule has 1 unspecified atom stereocenters. The molecule has 0 spiro atoms. The fraction of sp³-hybridized carbons (Fsp3) is 0.917. The second-order valence-corrected chi connectivity index (χ2v) is 5.35. The van der Waals surface area contributed by atoms with Crippen LogP contribution in [-0.2, 0) is 4.79 Å². The van der Waals surface area contributed by atoms with Crippen molar-refractivity contribution >= 4 is 5.91 Å². The first kappa shape index (κ1) is 14.4. The first-order chi connectivity index (χ1) is 6.79. The Labute approximate surface area is 93.8 Å². The van der Waals surface area contributed by atoms with Gasteiger partial charge in [0.05, 0.1) is 6.04 Å². The highest BCUT2D eigenvalue weighted by molar-refractivity contribution is 5.81. The first-order valence-electron chi connectivity index (χ1n) is 5.85. The minimum absolute atomic E-state index is 0.0223. The van der Waals surface area contributed by atoms with E-state index in [4.69, 9.17) is 5.73 Å². The SMILES string of the molecule is CCCC[C@H](N)C(=O)NC(C)C(C)(C)C. The fourth-order valence-corrected chi connectivity index (χ4v) is 1.09. The number of amides is 1. The van der Waals surface area contributed by atoms with Crippen molar-refractivity contribution in [2.45, 2.75) is 66.0 Å². The average Bonchev–Trinajstić information content (AvgIpc) is 2.12. The minimum atomic E-state index is -0.352. The molecule has 15 heavy (non-hydrogen) atoms. The van der Waals surface area contributed by atoms with Gasteiger partial charge in [-0.3, -0.25) is 4.79 Å². The molecule has 0 saturated heterocycles. The van der Waals surface area contributed by atoms with Crippen LogP contribution in [-0.4, -0.2) is 18.0 Å². The Balaban J connectivity index is 4.02. The van der Waals surface area contributed by atoms with E-state index in [1.165, 1.54) is 0 Å². The molecule has 0 aliphatic rings. The van der Waals surface area contributed by atoms with E-state index in [-0.39, 0.29) is 23.4 Å². The number of rotatable bonds is 5. The Bertz CT molecular complexity index is 196. The summed E-state index contributed by atoms with van der Waals surface area (Å²) in [5.74, 6) is -0.0223. The Morgan fingerprint density at radius 1 is 1.40 bits per heavy atom. The summed E-state index contributed by atoms with van der Waals surface area (Å²) in [6.45, 7) is 10.4. The summed E-state index contributed by atoms with van der Waals surface area (Å²) in [7, 11) is 0. The van der Waals surface area contributed by atoms with Crippen LogP contribution in [0.1, 0.15) is 53.9 Å². The zero-order valence-corrected chi connectivity index (χ0v) is 10.8. The Morgan fingerprint density at radius 2 is 1.93 bits per heavy atom. The van der Waals surface area contributed by atoms with Gasteiger partial charge in [0.2, 0.25) is 5.91 Å². The molecular weight excluding hydrogens is 188 g/mol. The van der Waals surface area contributed by atoms with E-state index in [2.05, 4.69) is 33.0 Å². The van der Waals surface area contributed by atoms with E-state index < -0.39 is 0 Å². The monoisotopic (exact) mass is 214 g/mol. The van der Waals surface area contributed by atoms with Crippen LogP contribution in [0, 0.1) is 5.41 Å². The number of hydrogen-bond acceptors (Lipinski definition) is 2. The van der Waals surface area contributed by atoms with Crippen molar-refractivity contribution < 1.29 is 4.79 Å². The highest BCUT2D eigenvalue weighted by Crippen LogP contribution is 2.18. The molecule has 0 aliphatic heterocycles. The molecule has 0 aromatic rings. The second-order valence-electron chi connectivity index (χ2n) is 5.35. The van der Waals surface area contributed by atoms with Crippen LogP contribution in [0.5, 0.6) is 0 Å². The van der Waals surface area contributed by atoms with E-state index in [0.29, 0.717) is 0 Å². The number of hydrogen-bond donors (Lipinski definition) is 2. The largest absolute Gasteiger partial charge is 0.352 e. The number of nitrogens with one attached hydrogen (secondary N) is 1. The lowest BCUT2D eigenvalue weighted by Gasteiger charge is -2.29. The van der Waals surface area contributed by atoms with Crippen LogP contribution in [0.2, 0.25) is 0 Å². The number of nitrogens with two attached hydrogens (primary N) is 1. The van der Waals surface area contributed by atoms with Crippen molar-refractivity contribution in [3.05, 3.63) is 0 Å². The molecule has 90 valence electrons. The standard InChI is InChI=1S/C12H26N2O/c1-6-7-8-10(13)11(15)14-9(2)12(3,4)5/h9-10H,6-8,13H2,1-5H3,(H,14,15)/t9?,10-/m0/s1. The normalized spacial score (nSPS) is 15.9. The zero-order valence-electron chi connectivity index (χ0n) is 10.8. The van der Waals surface area contributed by atoms with Gasteiger partial charge in [0.1, 0.15) is 0 Å². The maximum atomic E-state index is 11.7. The third-order valence-corrected chi connectivity index (χ3v) is 2.86. The van der Waals surface area contributed by atoms with Crippen LogP contribution >= 0.6 is 0 Å². The molecule has 3 N–H and O–H groups in total. The van der Waals surface area contributed by atoms with Crippen LogP contribution in [0.25, 0.3) is 0 Å². The molecule has 0 radical (unpaired) electrons. The smallest absolute Gasteiger partial charge is 0.237 e. The average molecular weight is 214 g/mol. The van der Waals surface area contributed by atoms with Gasteiger partial charge in [0, 0.05) is 6.04 Å². The van der Waals surface area contributed by atoms with Gasteiger partial charge in [0.15, 0.2) is 0 Å². The summed E-state index contributed by atoms with van der Waals surface area (Å²) in [6, 6.07) is -0.201. The molecule has 0 heterocycles. The van der Waals surface area contributed by atoms with E-state index in [1.807, 2.05) is 6.92 Å². The highest BCUT2D eigenvalue weighted by Gasteiger charge is 2.23. The van der Waals surface area contributed by atoms with E-state index in [1.54, 1.807) is 0 Å². The lowest BCUT2D eigenvalue weighted by molar-refractivity contribution is -0.123. The van der Waals surface area contributed by atoms with Crippen LogP contribution < -0.4 is 11.1 Å². The van der Waals surface area contributed by atoms with Crippen molar-refractivity contribution in [1.29, 1.82) is 0 Å². The molecule has 0 bridgehead atoms. The maximum Gasteiger partial charge on any atom is 0.237 e. The summed E-state index contributed by atoms with van der Waals surface area (Å²) in [5, 5.41) is 2.96. The van der Waals surface area contributed by atoms with Crippen LogP contribution in [0.15, 0.2) is 0 Å². The molecule has 3 heteroatoms. The molecular formula is C12H26N2O. The summed E-state index contributed by atoms with van der Waals surface area (Å²) in [4.78, 5) is 11.7. The van der Waals surface area contributed by atoms with Crippen molar-refractivity contribution in [3.8, 4) is 0 Å². The van der Waals surface area contributed by atoms with Crippen molar-refractivity contribution in [1.82, 2.24) is 5.32 Å². The number of unbranched alkanes of at least 4 members (excludes halogenated alkanes) is 1. The molecule has 0 rings (SSSR count). The third kappa shape index (κ3) is 5.78. The molecule has 1 amide bonds. The van der Waals surface area contributed by atoms with Gasteiger partial charge in [-0.1, -0.05) is 40.5 Å². The van der Waals surface area contributed by atoms with Gasteiger partial charge in [-0.15, -0.1) is 0 Å². The maximum absolute atomic E-state index is 11.7. The first-order valence-corrected chi connectivity index (χ1v) is 5.85. The summed E-state index contributed by atoms with van der Waals surface area (Å²) >= 11 is 0. The third-order valence-electron chi connectivity index (χ3n) is 2.86. The lowest BCUT2D eigenvalue weighted by Crippen LogP contribution is -2.48. The second kappa shape index (κ2) is 6.11.